The Kier molecular flexibility index (Phi) is 6.11. The van der Waals surface area contributed by atoms with E-state index in [9.17, 15) is 8.78 Å². The summed E-state index contributed by atoms with van der Waals surface area (Å²) in [7, 11) is 0. The molecule has 0 spiro atoms. The van der Waals surface area contributed by atoms with Crippen molar-refractivity contribution in [3.8, 4) is 0 Å². The van der Waals surface area contributed by atoms with Crippen LogP contribution in [0, 0.1) is 11.8 Å². The predicted octanol–water partition coefficient (Wildman–Crippen LogP) is 2.74. The Balaban J connectivity index is 1.82. The second-order valence-corrected chi connectivity index (χ2v) is 6.32. The molecule has 0 aliphatic carbocycles. The van der Waals surface area contributed by atoms with Gasteiger partial charge < -0.3 is 5.32 Å². The fourth-order valence-electron chi connectivity index (χ4n) is 2.88. The molecule has 1 aromatic heterocycles. The van der Waals surface area contributed by atoms with Crippen molar-refractivity contribution in [2.75, 3.05) is 26.2 Å². The van der Waals surface area contributed by atoms with Gasteiger partial charge in [0.15, 0.2) is 0 Å². The van der Waals surface area contributed by atoms with Crippen LogP contribution in [0.2, 0.25) is 0 Å². The van der Waals surface area contributed by atoms with Crippen LogP contribution in [0.5, 0.6) is 0 Å². The first kappa shape index (κ1) is 16.4. The summed E-state index contributed by atoms with van der Waals surface area (Å²) < 4.78 is 26.6. The molecular formula is C15H26F2N4. The number of likely N-dealkylation sites (tertiary alicyclic amines) is 1. The molecule has 1 saturated heterocycles. The average Bonchev–Trinajstić information content (AvgIpc) is 2.87. The third-order valence-corrected chi connectivity index (χ3v) is 3.91. The van der Waals surface area contributed by atoms with Gasteiger partial charge in [-0.1, -0.05) is 13.8 Å². The molecule has 0 amide bonds. The van der Waals surface area contributed by atoms with Gasteiger partial charge in [0, 0.05) is 18.9 Å². The first-order valence-corrected chi connectivity index (χ1v) is 7.79. The maximum absolute atomic E-state index is 12.8. The molecule has 4 nitrogen and oxygen atoms in total. The number of halogens is 2. The number of nitrogens with zero attached hydrogens (tertiary/aromatic N) is 3. The third-order valence-electron chi connectivity index (χ3n) is 3.91. The molecule has 2 rings (SSSR count). The number of nitrogens with one attached hydrogen (secondary N) is 1. The van der Waals surface area contributed by atoms with Crippen LogP contribution in [-0.4, -0.2) is 40.6 Å². The summed E-state index contributed by atoms with van der Waals surface area (Å²) in [6, 6.07) is 0. The molecule has 1 unspecified atom stereocenters. The van der Waals surface area contributed by atoms with Crippen LogP contribution in [0.3, 0.4) is 0 Å². The number of alkyl halides is 2. The van der Waals surface area contributed by atoms with E-state index in [0.717, 1.165) is 37.2 Å². The van der Waals surface area contributed by atoms with E-state index in [4.69, 9.17) is 0 Å². The van der Waals surface area contributed by atoms with Gasteiger partial charge in [-0.2, -0.15) is 8.78 Å². The maximum atomic E-state index is 12.8. The molecule has 1 atom stereocenters. The second-order valence-electron chi connectivity index (χ2n) is 6.32. The smallest absolute Gasteiger partial charge is 0.316 e. The number of hydrogen-bond acceptors (Lipinski definition) is 3. The van der Waals surface area contributed by atoms with Crippen molar-refractivity contribution in [2.24, 2.45) is 11.8 Å². The minimum Gasteiger partial charge on any atom is -0.316 e. The number of aromatic nitrogens is 2. The fourth-order valence-corrected chi connectivity index (χ4v) is 2.88. The largest absolute Gasteiger partial charge is 0.319 e. The summed E-state index contributed by atoms with van der Waals surface area (Å²) in [4.78, 5) is 6.31. The maximum Gasteiger partial charge on any atom is 0.319 e. The van der Waals surface area contributed by atoms with Gasteiger partial charge >= 0.3 is 6.55 Å². The van der Waals surface area contributed by atoms with Crippen molar-refractivity contribution in [3.63, 3.8) is 0 Å². The highest BCUT2D eigenvalue weighted by Crippen LogP contribution is 2.19. The van der Waals surface area contributed by atoms with Gasteiger partial charge in [-0.05, 0) is 44.3 Å². The number of hydrogen-bond donors (Lipinski definition) is 1. The van der Waals surface area contributed by atoms with Gasteiger partial charge in [0.25, 0.3) is 0 Å². The van der Waals surface area contributed by atoms with Crippen molar-refractivity contribution in [1.29, 1.82) is 0 Å². The van der Waals surface area contributed by atoms with Gasteiger partial charge in [0.1, 0.15) is 5.82 Å². The summed E-state index contributed by atoms with van der Waals surface area (Å²) >= 11 is 0. The highest BCUT2D eigenvalue weighted by atomic mass is 19.3. The summed E-state index contributed by atoms with van der Waals surface area (Å²) in [6.07, 6.45) is 5.15. The molecule has 1 aromatic rings. The number of rotatable bonds is 7. The lowest BCUT2D eigenvalue weighted by atomic mass is 9.98. The zero-order valence-electron chi connectivity index (χ0n) is 12.9. The molecule has 0 saturated carbocycles. The molecule has 0 aromatic carbocycles. The Bertz CT molecular complexity index is 420. The van der Waals surface area contributed by atoms with E-state index >= 15 is 0 Å². The van der Waals surface area contributed by atoms with Gasteiger partial charge in [-0.3, -0.25) is 9.47 Å². The molecule has 1 aliphatic heterocycles. The van der Waals surface area contributed by atoms with E-state index in [2.05, 4.69) is 29.0 Å². The topological polar surface area (TPSA) is 33.1 Å². The Hall–Kier alpha value is -1.01. The molecule has 1 fully saturated rings. The summed E-state index contributed by atoms with van der Waals surface area (Å²) in [5.74, 6) is 1.72. The van der Waals surface area contributed by atoms with Gasteiger partial charge in [-0.25, -0.2) is 4.98 Å². The Morgan fingerprint density at radius 2 is 2.24 bits per heavy atom. The zero-order chi connectivity index (χ0) is 15.2. The van der Waals surface area contributed by atoms with E-state index < -0.39 is 6.55 Å². The van der Waals surface area contributed by atoms with Crippen molar-refractivity contribution in [1.82, 2.24) is 19.8 Å². The summed E-state index contributed by atoms with van der Waals surface area (Å²) in [6.45, 7) is 6.38. The lowest BCUT2D eigenvalue weighted by molar-refractivity contribution is 0.0618. The quantitative estimate of drug-likeness (QED) is 0.840. The molecule has 6 heteroatoms. The Morgan fingerprint density at radius 3 is 2.95 bits per heavy atom. The first-order valence-electron chi connectivity index (χ1n) is 7.79. The summed E-state index contributed by atoms with van der Waals surface area (Å²) in [5, 5.41) is 3.50. The minimum absolute atomic E-state index is 0.459. The highest BCUT2D eigenvalue weighted by molar-refractivity contribution is 4.93. The lowest BCUT2D eigenvalue weighted by Crippen LogP contribution is -2.40. The molecule has 120 valence electrons. The van der Waals surface area contributed by atoms with Crippen LogP contribution in [0.4, 0.5) is 8.78 Å². The highest BCUT2D eigenvalue weighted by Gasteiger charge is 2.22. The molecule has 1 N–H and O–H groups in total. The van der Waals surface area contributed by atoms with Crippen LogP contribution in [0.25, 0.3) is 0 Å². The van der Waals surface area contributed by atoms with Crippen molar-refractivity contribution >= 4 is 0 Å². The second kappa shape index (κ2) is 7.84. The van der Waals surface area contributed by atoms with Gasteiger partial charge in [-0.15, -0.1) is 0 Å². The van der Waals surface area contributed by atoms with Gasteiger partial charge in [0.2, 0.25) is 0 Å². The molecule has 0 bridgehead atoms. The van der Waals surface area contributed by atoms with Crippen molar-refractivity contribution in [2.45, 2.75) is 39.8 Å². The average molecular weight is 300 g/mol. The molecule has 1 aliphatic rings. The SMILES string of the molecule is CC(C)CNCC1CCCN(Cc2nccn2C(F)F)C1. The van der Waals surface area contributed by atoms with E-state index in [1.54, 1.807) is 0 Å². The molecule has 0 radical (unpaired) electrons. The number of piperidine rings is 1. The standard InChI is InChI=1S/C15H26F2N4/c1-12(2)8-18-9-13-4-3-6-20(10-13)11-14-19-5-7-21(14)15(16)17/h5,7,12-13,15,18H,3-4,6,8-11H2,1-2H3. The van der Waals surface area contributed by atoms with Crippen LogP contribution in [0.15, 0.2) is 12.4 Å². The van der Waals surface area contributed by atoms with Crippen LogP contribution < -0.4 is 5.32 Å². The van der Waals surface area contributed by atoms with Crippen LogP contribution >= 0.6 is 0 Å². The first-order chi connectivity index (χ1) is 10.1. The van der Waals surface area contributed by atoms with Gasteiger partial charge in [0.05, 0.1) is 6.54 Å². The minimum atomic E-state index is -2.50. The Morgan fingerprint density at radius 1 is 1.43 bits per heavy atom. The molecule has 21 heavy (non-hydrogen) atoms. The molecule has 2 heterocycles. The van der Waals surface area contributed by atoms with E-state index in [1.807, 2.05) is 0 Å². The lowest BCUT2D eigenvalue weighted by Gasteiger charge is -2.32. The van der Waals surface area contributed by atoms with E-state index in [-0.39, 0.29) is 0 Å². The monoisotopic (exact) mass is 300 g/mol. The van der Waals surface area contributed by atoms with Crippen molar-refractivity contribution in [3.05, 3.63) is 18.2 Å². The van der Waals surface area contributed by atoms with Crippen LogP contribution in [-0.2, 0) is 6.54 Å². The predicted molar refractivity (Wildman–Crippen MR) is 79.2 cm³/mol. The van der Waals surface area contributed by atoms with Crippen molar-refractivity contribution < 1.29 is 8.78 Å². The number of imidazole rings is 1. The fraction of sp³-hybridized carbons (Fsp3) is 0.800. The zero-order valence-corrected chi connectivity index (χ0v) is 12.9. The third kappa shape index (κ3) is 5.04. The normalized spacial score (nSPS) is 20.6. The van der Waals surface area contributed by atoms with E-state index in [1.165, 1.54) is 18.8 Å². The van der Waals surface area contributed by atoms with E-state index in [0.29, 0.717) is 24.2 Å². The summed E-state index contributed by atoms with van der Waals surface area (Å²) in [5.41, 5.74) is 0. The van der Waals surface area contributed by atoms with Crippen LogP contribution in [0.1, 0.15) is 39.1 Å². The Labute approximate surface area is 125 Å². The molecular weight excluding hydrogens is 274 g/mol.